The fourth-order valence-corrected chi connectivity index (χ4v) is 3.97. The number of amides is 1. The molecule has 1 atom stereocenters. The van der Waals surface area contributed by atoms with Gasteiger partial charge in [-0.3, -0.25) is 9.69 Å². The highest BCUT2D eigenvalue weighted by Crippen LogP contribution is 2.28. The first-order chi connectivity index (χ1) is 13.2. The van der Waals surface area contributed by atoms with Gasteiger partial charge in [-0.25, -0.2) is 4.98 Å². The summed E-state index contributed by atoms with van der Waals surface area (Å²) in [6, 6.07) is 10.2. The second-order valence-corrected chi connectivity index (χ2v) is 7.29. The van der Waals surface area contributed by atoms with Gasteiger partial charge in [0.15, 0.2) is 0 Å². The third kappa shape index (κ3) is 4.19. The van der Waals surface area contributed by atoms with Crippen molar-refractivity contribution >= 4 is 11.6 Å². The highest BCUT2D eigenvalue weighted by Gasteiger charge is 2.28. The van der Waals surface area contributed by atoms with E-state index in [1.165, 1.54) is 0 Å². The number of nitrogens with zero attached hydrogens (tertiary/aromatic N) is 4. The predicted molar refractivity (Wildman–Crippen MR) is 102 cm³/mol. The number of rotatable bonds is 6. The summed E-state index contributed by atoms with van der Waals surface area (Å²) in [5.74, 6) is 1.01. The Kier molecular flexibility index (Phi) is 5.20. The van der Waals surface area contributed by atoms with E-state index in [4.69, 9.17) is 10.6 Å². The van der Waals surface area contributed by atoms with Crippen LogP contribution in [0, 0.1) is 0 Å². The summed E-state index contributed by atoms with van der Waals surface area (Å²) >= 11 is 0. The molecule has 1 aromatic heterocycles. The van der Waals surface area contributed by atoms with Crippen LogP contribution in [0.4, 0.5) is 0 Å². The molecule has 1 fully saturated rings. The van der Waals surface area contributed by atoms with Gasteiger partial charge in [-0.15, -0.1) is 0 Å². The fraction of sp³-hybridized carbons (Fsp3) is 0.450. The van der Waals surface area contributed by atoms with Gasteiger partial charge in [-0.05, 0) is 31.5 Å². The van der Waals surface area contributed by atoms with Gasteiger partial charge in [-0.2, -0.15) is 0 Å². The quantitative estimate of drug-likeness (QED) is 0.843. The molecule has 1 amide bonds. The Bertz CT molecular complexity index is 809. The minimum Gasteiger partial charge on any atom is -0.390 e. The lowest BCUT2D eigenvalue weighted by atomic mass is 9.95. The third-order valence-corrected chi connectivity index (χ3v) is 5.33. The van der Waals surface area contributed by atoms with Crippen LogP contribution in [0.5, 0.6) is 0 Å². The molecule has 0 saturated carbocycles. The van der Waals surface area contributed by atoms with Crippen molar-refractivity contribution in [3.63, 3.8) is 0 Å². The lowest BCUT2D eigenvalue weighted by Crippen LogP contribution is -2.39. The van der Waals surface area contributed by atoms with Crippen LogP contribution in [0.25, 0.3) is 0 Å². The smallest absolute Gasteiger partial charge is 0.237 e. The molecule has 2 N–H and O–H groups in total. The summed E-state index contributed by atoms with van der Waals surface area (Å²) < 4.78 is 1.88. The van der Waals surface area contributed by atoms with Crippen molar-refractivity contribution in [1.82, 2.24) is 14.5 Å². The highest BCUT2D eigenvalue weighted by molar-refractivity contribution is 6.01. The lowest BCUT2D eigenvalue weighted by Gasteiger charge is -2.32. The van der Waals surface area contributed by atoms with Crippen LogP contribution in [0.15, 0.2) is 47.9 Å². The van der Waals surface area contributed by atoms with Crippen molar-refractivity contribution in [2.45, 2.75) is 37.8 Å². The number of imidazole rings is 1. The Morgan fingerprint density at radius 1 is 1.22 bits per heavy atom. The minimum absolute atomic E-state index is 0.119. The van der Waals surface area contributed by atoms with Gasteiger partial charge in [0.25, 0.3) is 0 Å². The number of piperidine rings is 1. The summed E-state index contributed by atoms with van der Waals surface area (Å²) in [5.41, 5.74) is 7.50. The molecule has 4 rings (SSSR count). The van der Waals surface area contributed by atoms with Crippen molar-refractivity contribution in [2.75, 3.05) is 19.6 Å². The number of benzene rings is 1. The van der Waals surface area contributed by atoms with Gasteiger partial charge in [0.1, 0.15) is 18.5 Å². The molecule has 0 radical (unpaired) electrons. The van der Waals surface area contributed by atoms with Crippen LogP contribution in [-0.2, 0) is 16.2 Å². The molecule has 1 saturated heterocycles. The SMILES string of the molecule is NC(=O)Cn1ccnc1C1CCN(C[C@H]2CC(c3ccccc3)=NO2)CC1. The molecule has 142 valence electrons. The molecule has 2 aliphatic rings. The van der Waals surface area contributed by atoms with E-state index in [2.05, 4.69) is 27.2 Å². The zero-order valence-electron chi connectivity index (χ0n) is 15.3. The molecule has 3 heterocycles. The first kappa shape index (κ1) is 17.7. The maximum atomic E-state index is 11.2. The van der Waals surface area contributed by atoms with Crippen molar-refractivity contribution in [3.8, 4) is 0 Å². The van der Waals surface area contributed by atoms with Crippen molar-refractivity contribution in [1.29, 1.82) is 0 Å². The van der Waals surface area contributed by atoms with Gasteiger partial charge in [0.05, 0.1) is 5.71 Å². The van der Waals surface area contributed by atoms with E-state index in [0.29, 0.717) is 5.92 Å². The first-order valence-corrected chi connectivity index (χ1v) is 9.49. The van der Waals surface area contributed by atoms with Gasteiger partial charge in [0, 0.05) is 31.3 Å². The second-order valence-electron chi connectivity index (χ2n) is 7.29. The summed E-state index contributed by atoms with van der Waals surface area (Å²) in [6.45, 7) is 3.08. The van der Waals surface area contributed by atoms with E-state index in [-0.39, 0.29) is 18.6 Å². The van der Waals surface area contributed by atoms with E-state index in [1.54, 1.807) is 6.20 Å². The van der Waals surface area contributed by atoms with E-state index in [9.17, 15) is 4.79 Å². The first-order valence-electron chi connectivity index (χ1n) is 9.49. The number of carbonyl (C=O) groups excluding carboxylic acids is 1. The van der Waals surface area contributed by atoms with Gasteiger partial charge < -0.3 is 15.1 Å². The second kappa shape index (κ2) is 7.92. The topological polar surface area (TPSA) is 85.7 Å². The van der Waals surface area contributed by atoms with Crippen LogP contribution in [0.1, 0.15) is 36.6 Å². The number of nitrogens with two attached hydrogens (primary N) is 1. The molecule has 2 aromatic rings. The summed E-state index contributed by atoms with van der Waals surface area (Å²) in [7, 11) is 0. The number of aromatic nitrogens is 2. The van der Waals surface area contributed by atoms with Crippen LogP contribution in [-0.4, -0.2) is 51.8 Å². The van der Waals surface area contributed by atoms with E-state index in [0.717, 1.165) is 56.0 Å². The monoisotopic (exact) mass is 367 g/mol. The fourth-order valence-electron chi connectivity index (χ4n) is 3.97. The number of hydrogen-bond acceptors (Lipinski definition) is 5. The maximum Gasteiger partial charge on any atom is 0.237 e. The number of likely N-dealkylation sites (tertiary alicyclic amines) is 1. The lowest BCUT2D eigenvalue weighted by molar-refractivity contribution is -0.118. The molecule has 0 aliphatic carbocycles. The Labute approximate surface area is 158 Å². The predicted octanol–water partition coefficient (Wildman–Crippen LogP) is 1.74. The van der Waals surface area contributed by atoms with E-state index >= 15 is 0 Å². The van der Waals surface area contributed by atoms with E-state index < -0.39 is 0 Å². The zero-order valence-corrected chi connectivity index (χ0v) is 15.3. The molecule has 0 unspecified atom stereocenters. The van der Waals surface area contributed by atoms with Crippen molar-refractivity contribution in [2.24, 2.45) is 10.9 Å². The van der Waals surface area contributed by atoms with Gasteiger partial charge >= 0.3 is 0 Å². The molecule has 1 aromatic carbocycles. The zero-order chi connectivity index (χ0) is 18.6. The Hall–Kier alpha value is -2.67. The average Bonchev–Trinajstić information content (AvgIpc) is 3.32. The third-order valence-electron chi connectivity index (χ3n) is 5.33. The van der Waals surface area contributed by atoms with E-state index in [1.807, 2.05) is 29.0 Å². The van der Waals surface area contributed by atoms with Crippen LogP contribution >= 0.6 is 0 Å². The minimum atomic E-state index is -0.334. The number of carbonyl (C=O) groups is 1. The van der Waals surface area contributed by atoms with Crippen LogP contribution in [0.2, 0.25) is 0 Å². The Morgan fingerprint density at radius 3 is 2.74 bits per heavy atom. The standard InChI is InChI=1S/C20H25N5O2/c21-19(26)14-25-11-8-22-20(25)16-6-9-24(10-7-16)13-17-12-18(23-27-17)15-4-2-1-3-5-15/h1-5,8,11,16-17H,6-7,9-10,12-14H2,(H2,21,26)/t17-/m1/s1. The normalized spacial score (nSPS) is 21.0. The average molecular weight is 367 g/mol. The molecule has 2 aliphatic heterocycles. The number of oxime groups is 1. The Morgan fingerprint density at radius 2 is 2.00 bits per heavy atom. The van der Waals surface area contributed by atoms with Crippen molar-refractivity contribution < 1.29 is 9.63 Å². The van der Waals surface area contributed by atoms with Crippen LogP contribution in [0.3, 0.4) is 0 Å². The number of primary amides is 1. The molecule has 0 bridgehead atoms. The van der Waals surface area contributed by atoms with Crippen molar-refractivity contribution in [3.05, 3.63) is 54.1 Å². The summed E-state index contributed by atoms with van der Waals surface area (Å²) in [5, 5.41) is 4.28. The molecular weight excluding hydrogens is 342 g/mol. The molecule has 7 heteroatoms. The van der Waals surface area contributed by atoms with Crippen LogP contribution < -0.4 is 5.73 Å². The van der Waals surface area contributed by atoms with Gasteiger partial charge in [-0.1, -0.05) is 35.5 Å². The summed E-state index contributed by atoms with van der Waals surface area (Å²) in [4.78, 5) is 23.8. The summed E-state index contributed by atoms with van der Waals surface area (Å²) in [6.07, 6.45) is 6.60. The molecular formula is C20H25N5O2. The maximum absolute atomic E-state index is 11.2. The number of hydrogen-bond donors (Lipinski definition) is 1. The van der Waals surface area contributed by atoms with Gasteiger partial charge in [0.2, 0.25) is 5.91 Å². The Balaban J connectivity index is 1.27. The molecule has 27 heavy (non-hydrogen) atoms. The molecule has 7 nitrogen and oxygen atoms in total. The molecule has 0 spiro atoms. The largest absolute Gasteiger partial charge is 0.390 e. The highest BCUT2D eigenvalue weighted by atomic mass is 16.6.